The molecule has 0 spiro atoms. The Hall–Kier alpha value is -1.45. The van der Waals surface area contributed by atoms with Gasteiger partial charge in [0, 0.05) is 26.6 Å². The maximum Gasteiger partial charge on any atom is 0.223 e. The molecule has 6 heteroatoms. The molecule has 0 atom stereocenters. The Labute approximate surface area is 101 Å². The van der Waals surface area contributed by atoms with E-state index in [1.807, 2.05) is 0 Å². The standard InChI is InChI=1S/C11H17N5O/c1-10-13-11(14-17-10)9-16-5-2-4-15(6-3-12)7-8-16/h2,4-9H2,1H3. The van der Waals surface area contributed by atoms with Crippen LogP contribution in [0.25, 0.3) is 0 Å². The lowest BCUT2D eigenvalue weighted by atomic mass is 10.4. The quantitative estimate of drug-likeness (QED) is 0.707. The molecule has 0 aliphatic carbocycles. The largest absolute Gasteiger partial charge is 0.340 e. The molecule has 1 fully saturated rings. The molecule has 1 aliphatic heterocycles. The molecule has 0 radical (unpaired) electrons. The van der Waals surface area contributed by atoms with E-state index in [-0.39, 0.29) is 0 Å². The molecule has 2 heterocycles. The maximum absolute atomic E-state index is 8.68. The van der Waals surface area contributed by atoms with E-state index in [1.54, 1.807) is 6.92 Å². The third-order valence-corrected chi connectivity index (χ3v) is 2.91. The van der Waals surface area contributed by atoms with Crippen LogP contribution in [0.15, 0.2) is 4.52 Å². The lowest BCUT2D eigenvalue weighted by Crippen LogP contribution is -2.31. The Morgan fingerprint density at radius 2 is 2.06 bits per heavy atom. The van der Waals surface area contributed by atoms with Gasteiger partial charge < -0.3 is 4.52 Å². The number of aryl methyl sites for hydroxylation is 1. The van der Waals surface area contributed by atoms with Crippen molar-refractivity contribution >= 4 is 0 Å². The van der Waals surface area contributed by atoms with Crippen LogP contribution >= 0.6 is 0 Å². The van der Waals surface area contributed by atoms with Crippen molar-refractivity contribution in [2.75, 3.05) is 32.7 Å². The van der Waals surface area contributed by atoms with Gasteiger partial charge in [0.05, 0.1) is 19.2 Å². The summed E-state index contributed by atoms with van der Waals surface area (Å²) in [5, 5.41) is 12.6. The molecular formula is C11H17N5O. The molecule has 0 saturated carbocycles. The monoisotopic (exact) mass is 235 g/mol. The number of nitriles is 1. The molecule has 0 unspecified atom stereocenters. The fourth-order valence-corrected chi connectivity index (χ4v) is 2.05. The van der Waals surface area contributed by atoms with E-state index in [2.05, 4.69) is 26.0 Å². The second kappa shape index (κ2) is 5.75. The minimum atomic E-state index is 0.523. The van der Waals surface area contributed by atoms with Crippen molar-refractivity contribution in [3.05, 3.63) is 11.7 Å². The summed E-state index contributed by atoms with van der Waals surface area (Å²) in [5.41, 5.74) is 0. The minimum Gasteiger partial charge on any atom is -0.340 e. The first-order chi connectivity index (χ1) is 8.28. The van der Waals surface area contributed by atoms with Gasteiger partial charge in [0.25, 0.3) is 0 Å². The SMILES string of the molecule is Cc1nc(CN2CCCN(CC#N)CC2)no1. The van der Waals surface area contributed by atoms with Crippen LogP contribution in [-0.2, 0) is 6.54 Å². The van der Waals surface area contributed by atoms with Gasteiger partial charge in [-0.2, -0.15) is 10.2 Å². The van der Waals surface area contributed by atoms with E-state index in [4.69, 9.17) is 9.78 Å². The maximum atomic E-state index is 8.68. The normalized spacial score (nSPS) is 18.8. The number of nitrogens with zero attached hydrogens (tertiary/aromatic N) is 5. The summed E-state index contributed by atoms with van der Waals surface area (Å²) in [6, 6.07) is 2.20. The van der Waals surface area contributed by atoms with Gasteiger partial charge in [-0.25, -0.2) is 0 Å². The molecule has 1 aromatic rings. The van der Waals surface area contributed by atoms with E-state index >= 15 is 0 Å². The molecule has 0 bridgehead atoms. The number of hydrogen-bond donors (Lipinski definition) is 0. The molecular weight excluding hydrogens is 218 g/mol. The van der Waals surface area contributed by atoms with Crippen LogP contribution in [0.3, 0.4) is 0 Å². The van der Waals surface area contributed by atoms with Crippen molar-refractivity contribution in [3.8, 4) is 6.07 Å². The smallest absolute Gasteiger partial charge is 0.223 e. The van der Waals surface area contributed by atoms with Gasteiger partial charge >= 0.3 is 0 Å². The first kappa shape index (κ1) is 12.0. The molecule has 1 aromatic heterocycles. The van der Waals surface area contributed by atoms with Gasteiger partial charge in [0.2, 0.25) is 5.89 Å². The molecule has 17 heavy (non-hydrogen) atoms. The van der Waals surface area contributed by atoms with Crippen LogP contribution in [0, 0.1) is 18.3 Å². The van der Waals surface area contributed by atoms with Gasteiger partial charge in [-0.3, -0.25) is 9.80 Å². The lowest BCUT2D eigenvalue weighted by Gasteiger charge is -2.18. The van der Waals surface area contributed by atoms with Crippen LogP contribution in [0.5, 0.6) is 0 Å². The Balaban J connectivity index is 1.85. The summed E-state index contributed by atoms with van der Waals surface area (Å²) in [6.45, 7) is 6.96. The third kappa shape index (κ3) is 3.51. The van der Waals surface area contributed by atoms with E-state index in [0.717, 1.165) is 45.0 Å². The summed E-state index contributed by atoms with van der Waals surface area (Å²) in [4.78, 5) is 8.69. The fourth-order valence-electron chi connectivity index (χ4n) is 2.05. The number of aromatic nitrogens is 2. The Morgan fingerprint density at radius 1 is 1.29 bits per heavy atom. The molecule has 2 rings (SSSR count). The number of rotatable bonds is 3. The zero-order valence-electron chi connectivity index (χ0n) is 10.1. The van der Waals surface area contributed by atoms with Crippen molar-refractivity contribution in [2.45, 2.75) is 19.9 Å². The highest BCUT2D eigenvalue weighted by Gasteiger charge is 2.16. The molecule has 0 amide bonds. The molecule has 0 N–H and O–H groups in total. The summed E-state index contributed by atoms with van der Waals surface area (Å²) < 4.78 is 4.96. The highest BCUT2D eigenvalue weighted by molar-refractivity contribution is 4.85. The van der Waals surface area contributed by atoms with Crippen molar-refractivity contribution in [1.29, 1.82) is 5.26 Å². The zero-order valence-corrected chi connectivity index (χ0v) is 10.1. The Morgan fingerprint density at radius 3 is 2.76 bits per heavy atom. The van der Waals surface area contributed by atoms with Gasteiger partial charge in [-0.15, -0.1) is 0 Å². The van der Waals surface area contributed by atoms with Crippen molar-refractivity contribution < 1.29 is 4.52 Å². The first-order valence-electron chi connectivity index (χ1n) is 5.89. The fraction of sp³-hybridized carbons (Fsp3) is 0.727. The van der Waals surface area contributed by atoms with Crippen molar-refractivity contribution in [2.24, 2.45) is 0 Å². The van der Waals surface area contributed by atoms with Crippen LogP contribution in [0.2, 0.25) is 0 Å². The van der Waals surface area contributed by atoms with Gasteiger partial charge in [0.15, 0.2) is 5.82 Å². The molecule has 1 saturated heterocycles. The summed E-state index contributed by atoms with van der Waals surface area (Å²) in [7, 11) is 0. The average Bonchev–Trinajstić information content (AvgIpc) is 2.58. The number of hydrogen-bond acceptors (Lipinski definition) is 6. The van der Waals surface area contributed by atoms with Crippen LogP contribution in [-0.4, -0.2) is 52.7 Å². The van der Waals surface area contributed by atoms with Gasteiger partial charge in [-0.1, -0.05) is 5.16 Å². The Bertz CT molecular complexity index is 397. The van der Waals surface area contributed by atoms with E-state index < -0.39 is 0 Å². The predicted octanol–water partition coefficient (Wildman–Crippen LogP) is 0.409. The minimum absolute atomic E-state index is 0.523. The molecule has 92 valence electrons. The highest BCUT2D eigenvalue weighted by Crippen LogP contribution is 2.06. The third-order valence-electron chi connectivity index (χ3n) is 2.91. The molecule has 1 aliphatic rings. The van der Waals surface area contributed by atoms with E-state index in [0.29, 0.717) is 12.4 Å². The first-order valence-corrected chi connectivity index (χ1v) is 5.89. The molecule has 6 nitrogen and oxygen atoms in total. The second-order valence-corrected chi connectivity index (χ2v) is 4.29. The summed E-state index contributed by atoms with van der Waals surface area (Å²) in [6.07, 6.45) is 1.08. The highest BCUT2D eigenvalue weighted by atomic mass is 16.5. The Kier molecular flexibility index (Phi) is 4.07. The summed E-state index contributed by atoms with van der Waals surface area (Å²) >= 11 is 0. The van der Waals surface area contributed by atoms with Crippen LogP contribution < -0.4 is 0 Å². The van der Waals surface area contributed by atoms with E-state index in [1.165, 1.54) is 0 Å². The average molecular weight is 235 g/mol. The zero-order chi connectivity index (χ0) is 12.1. The van der Waals surface area contributed by atoms with Crippen molar-refractivity contribution in [1.82, 2.24) is 19.9 Å². The second-order valence-electron chi connectivity index (χ2n) is 4.29. The predicted molar refractivity (Wildman–Crippen MR) is 61.0 cm³/mol. The molecule has 0 aromatic carbocycles. The lowest BCUT2D eigenvalue weighted by molar-refractivity contribution is 0.254. The van der Waals surface area contributed by atoms with Gasteiger partial charge in [0.1, 0.15) is 0 Å². The van der Waals surface area contributed by atoms with Crippen molar-refractivity contribution in [3.63, 3.8) is 0 Å². The van der Waals surface area contributed by atoms with E-state index in [9.17, 15) is 0 Å². The van der Waals surface area contributed by atoms with Gasteiger partial charge in [-0.05, 0) is 13.0 Å². The van der Waals surface area contributed by atoms with Crippen LogP contribution in [0.1, 0.15) is 18.1 Å². The topological polar surface area (TPSA) is 69.2 Å². The summed E-state index contributed by atoms with van der Waals surface area (Å²) in [5.74, 6) is 1.36. The van der Waals surface area contributed by atoms with Crippen LogP contribution in [0.4, 0.5) is 0 Å².